The van der Waals surface area contributed by atoms with Crippen molar-refractivity contribution < 1.29 is 14.0 Å². The van der Waals surface area contributed by atoms with Gasteiger partial charge in [-0.15, -0.1) is 0 Å². The second-order valence-corrected chi connectivity index (χ2v) is 7.92. The van der Waals surface area contributed by atoms with E-state index in [1.807, 2.05) is 12.1 Å². The number of carbonyl (C=O) groups is 2. The van der Waals surface area contributed by atoms with Crippen LogP contribution in [0, 0.1) is 17.1 Å². The summed E-state index contributed by atoms with van der Waals surface area (Å²) in [6.45, 7) is 2.89. The molecule has 0 spiro atoms. The van der Waals surface area contributed by atoms with Crippen LogP contribution in [0.25, 0.3) is 0 Å². The molecule has 2 aliphatic heterocycles. The summed E-state index contributed by atoms with van der Waals surface area (Å²) in [5.74, 6) is -0.619. The number of hydrazone groups is 1. The van der Waals surface area contributed by atoms with Gasteiger partial charge in [0.25, 0.3) is 5.91 Å². The fourth-order valence-electron chi connectivity index (χ4n) is 3.95. The second kappa shape index (κ2) is 9.60. The zero-order valence-electron chi connectivity index (χ0n) is 17.7. The van der Waals surface area contributed by atoms with Gasteiger partial charge in [0.05, 0.1) is 18.2 Å². The van der Waals surface area contributed by atoms with Crippen LogP contribution in [0.1, 0.15) is 30.4 Å². The molecule has 0 atom stereocenters. The molecular formula is C24H24FN5O2. The van der Waals surface area contributed by atoms with Gasteiger partial charge in [-0.2, -0.15) is 10.4 Å². The number of carbonyl (C=O) groups excluding carboxylic acids is 2. The van der Waals surface area contributed by atoms with Crippen LogP contribution in [0.3, 0.4) is 0 Å². The van der Waals surface area contributed by atoms with Crippen molar-refractivity contribution in [3.05, 3.63) is 65.5 Å². The molecule has 0 aliphatic carbocycles. The fourth-order valence-corrected chi connectivity index (χ4v) is 3.95. The highest BCUT2D eigenvalue weighted by Gasteiger charge is 2.28. The van der Waals surface area contributed by atoms with E-state index in [1.165, 1.54) is 17.1 Å². The third-order valence-electron chi connectivity index (χ3n) is 5.74. The lowest BCUT2D eigenvalue weighted by molar-refractivity contribution is -0.132. The predicted molar refractivity (Wildman–Crippen MR) is 118 cm³/mol. The smallest absolute Gasteiger partial charge is 0.270 e. The average molecular weight is 433 g/mol. The van der Waals surface area contributed by atoms with Gasteiger partial charge in [0.15, 0.2) is 0 Å². The second-order valence-electron chi connectivity index (χ2n) is 7.92. The number of nitrogens with zero attached hydrogens (tertiary/aromatic N) is 5. The summed E-state index contributed by atoms with van der Waals surface area (Å²) in [5.41, 5.74) is 2.79. The van der Waals surface area contributed by atoms with Gasteiger partial charge >= 0.3 is 0 Å². The summed E-state index contributed by atoms with van der Waals surface area (Å²) in [6, 6.07) is 15.5. The Bertz CT molecular complexity index is 1060. The Morgan fingerprint density at radius 3 is 2.47 bits per heavy atom. The van der Waals surface area contributed by atoms with Crippen molar-refractivity contribution in [1.29, 1.82) is 5.26 Å². The van der Waals surface area contributed by atoms with Crippen molar-refractivity contribution >= 4 is 23.2 Å². The molecule has 1 fully saturated rings. The largest absolute Gasteiger partial charge is 0.370 e. The minimum Gasteiger partial charge on any atom is -0.370 e. The highest BCUT2D eigenvalue weighted by Crippen LogP contribution is 2.19. The van der Waals surface area contributed by atoms with Gasteiger partial charge in [-0.1, -0.05) is 12.1 Å². The highest BCUT2D eigenvalue weighted by atomic mass is 19.1. The number of rotatable bonds is 4. The standard InChI is InChI=1S/C24H24FN5O2/c25-20-6-2-19(3-7-20)17-30-23(31)11-10-22(27-30)24(32)29-13-1-12-28(14-15-29)21-8-4-18(16-26)5-9-21/h2-9H,1,10-15,17H2. The molecular weight excluding hydrogens is 409 g/mol. The first-order valence-corrected chi connectivity index (χ1v) is 10.7. The molecule has 2 aromatic rings. The molecule has 0 N–H and O–H groups in total. The Morgan fingerprint density at radius 1 is 1.00 bits per heavy atom. The SMILES string of the molecule is N#Cc1ccc(N2CCCN(C(=O)C3=NN(Cc4ccc(F)cc4)C(=O)CC3)CC2)cc1. The molecule has 0 bridgehead atoms. The number of hydrogen-bond acceptors (Lipinski definition) is 5. The summed E-state index contributed by atoms with van der Waals surface area (Å²) < 4.78 is 13.1. The highest BCUT2D eigenvalue weighted by molar-refractivity contribution is 6.39. The van der Waals surface area contributed by atoms with E-state index < -0.39 is 0 Å². The summed E-state index contributed by atoms with van der Waals surface area (Å²) in [4.78, 5) is 29.4. The lowest BCUT2D eigenvalue weighted by atomic mass is 10.1. The third-order valence-corrected chi connectivity index (χ3v) is 5.74. The van der Waals surface area contributed by atoms with Crippen molar-refractivity contribution in [2.24, 2.45) is 5.10 Å². The summed E-state index contributed by atoms with van der Waals surface area (Å²) in [5, 5.41) is 14.6. The van der Waals surface area contributed by atoms with Crippen molar-refractivity contribution in [3.63, 3.8) is 0 Å². The molecule has 2 aliphatic rings. The van der Waals surface area contributed by atoms with Crippen molar-refractivity contribution in [2.75, 3.05) is 31.1 Å². The van der Waals surface area contributed by atoms with E-state index in [0.29, 0.717) is 37.3 Å². The molecule has 0 radical (unpaired) electrons. The van der Waals surface area contributed by atoms with Gasteiger partial charge in [0.2, 0.25) is 5.91 Å². The van der Waals surface area contributed by atoms with E-state index in [4.69, 9.17) is 5.26 Å². The minimum atomic E-state index is -0.339. The van der Waals surface area contributed by atoms with Gasteiger partial charge in [-0.25, -0.2) is 9.40 Å². The Kier molecular flexibility index (Phi) is 6.45. The van der Waals surface area contributed by atoms with Crippen LogP contribution in [-0.2, 0) is 16.1 Å². The van der Waals surface area contributed by atoms with Gasteiger partial charge < -0.3 is 9.80 Å². The first kappa shape index (κ1) is 21.5. The minimum absolute atomic E-state index is 0.136. The van der Waals surface area contributed by atoms with Crippen LogP contribution >= 0.6 is 0 Å². The number of nitriles is 1. The molecule has 2 amide bonds. The lowest BCUT2D eigenvalue weighted by Gasteiger charge is -2.27. The first-order chi connectivity index (χ1) is 15.5. The van der Waals surface area contributed by atoms with Gasteiger partial charge in [0.1, 0.15) is 11.5 Å². The molecule has 7 nitrogen and oxygen atoms in total. The molecule has 8 heteroatoms. The van der Waals surface area contributed by atoms with Crippen LogP contribution in [0.4, 0.5) is 10.1 Å². The van der Waals surface area contributed by atoms with Crippen LogP contribution in [-0.4, -0.2) is 53.6 Å². The quantitative estimate of drug-likeness (QED) is 0.743. The van der Waals surface area contributed by atoms with E-state index in [2.05, 4.69) is 16.1 Å². The average Bonchev–Trinajstić information content (AvgIpc) is 3.08. The van der Waals surface area contributed by atoms with Crippen molar-refractivity contribution in [3.8, 4) is 6.07 Å². The van der Waals surface area contributed by atoms with E-state index in [9.17, 15) is 14.0 Å². The van der Waals surface area contributed by atoms with E-state index in [-0.39, 0.29) is 30.6 Å². The predicted octanol–water partition coefficient (Wildman–Crippen LogP) is 2.91. The maximum Gasteiger partial charge on any atom is 0.270 e. The van der Waals surface area contributed by atoms with E-state index in [0.717, 1.165) is 24.2 Å². The Balaban J connectivity index is 1.41. The summed E-state index contributed by atoms with van der Waals surface area (Å²) >= 11 is 0. The van der Waals surface area contributed by atoms with Crippen LogP contribution < -0.4 is 4.90 Å². The van der Waals surface area contributed by atoms with Gasteiger partial charge in [0, 0.05) is 44.7 Å². The molecule has 2 aromatic carbocycles. The number of halogens is 1. The fraction of sp³-hybridized carbons (Fsp3) is 0.333. The van der Waals surface area contributed by atoms with Gasteiger partial charge in [-0.05, 0) is 48.4 Å². The number of hydrogen-bond donors (Lipinski definition) is 0. The van der Waals surface area contributed by atoms with Crippen molar-refractivity contribution in [2.45, 2.75) is 25.8 Å². The molecule has 1 saturated heterocycles. The van der Waals surface area contributed by atoms with Crippen LogP contribution in [0.2, 0.25) is 0 Å². The zero-order valence-corrected chi connectivity index (χ0v) is 17.7. The zero-order chi connectivity index (χ0) is 22.5. The molecule has 0 unspecified atom stereocenters. The maximum absolute atomic E-state index is 13.1. The maximum atomic E-state index is 13.1. The Hall–Kier alpha value is -3.73. The number of anilines is 1. The molecule has 32 heavy (non-hydrogen) atoms. The molecule has 0 aromatic heterocycles. The third kappa shape index (κ3) is 4.94. The topological polar surface area (TPSA) is 80.0 Å². The molecule has 0 saturated carbocycles. The van der Waals surface area contributed by atoms with E-state index >= 15 is 0 Å². The lowest BCUT2D eigenvalue weighted by Crippen LogP contribution is -2.42. The summed E-state index contributed by atoms with van der Waals surface area (Å²) in [6.07, 6.45) is 1.38. The van der Waals surface area contributed by atoms with Crippen molar-refractivity contribution in [1.82, 2.24) is 9.91 Å². The normalized spacial score (nSPS) is 16.9. The van der Waals surface area contributed by atoms with Crippen LogP contribution in [0.15, 0.2) is 53.6 Å². The molecule has 164 valence electrons. The number of amides is 2. The van der Waals surface area contributed by atoms with Crippen LogP contribution in [0.5, 0.6) is 0 Å². The monoisotopic (exact) mass is 433 g/mol. The van der Waals surface area contributed by atoms with Gasteiger partial charge in [-0.3, -0.25) is 9.59 Å². The Labute approximate surface area is 186 Å². The number of benzene rings is 2. The van der Waals surface area contributed by atoms with E-state index in [1.54, 1.807) is 29.2 Å². The Morgan fingerprint density at radius 2 is 1.75 bits per heavy atom. The first-order valence-electron chi connectivity index (χ1n) is 10.7. The summed E-state index contributed by atoms with van der Waals surface area (Å²) in [7, 11) is 0. The molecule has 2 heterocycles. The molecule has 4 rings (SSSR count).